The van der Waals surface area contributed by atoms with Crippen LogP contribution in [0.25, 0.3) is 0 Å². The number of alkyl halides is 3. The second-order valence-corrected chi connectivity index (χ2v) is 3.14. The zero-order valence-corrected chi connectivity index (χ0v) is 8.10. The van der Waals surface area contributed by atoms with Gasteiger partial charge in [0.1, 0.15) is 6.61 Å². The van der Waals surface area contributed by atoms with E-state index in [1.807, 2.05) is 0 Å². The first-order valence-electron chi connectivity index (χ1n) is 3.88. The first kappa shape index (κ1) is 16.4. The molecule has 0 aromatic heterocycles. The number of hydrogen-bond acceptors (Lipinski definition) is 2. The van der Waals surface area contributed by atoms with Crippen molar-refractivity contribution in [2.45, 2.75) is 12.8 Å². The number of benzene rings is 1. The summed E-state index contributed by atoms with van der Waals surface area (Å²) in [6.07, 6.45) is -4.95. The number of hydrogen-bond donors (Lipinski definition) is 0. The molecule has 0 spiro atoms. The Morgan fingerprint density at radius 1 is 1.25 bits per heavy atom. The first-order chi connectivity index (χ1) is 6.89. The average molecular weight is 279 g/mol. The van der Waals surface area contributed by atoms with Crippen molar-refractivity contribution < 1.29 is 22.7 Å². The van der Waals surface area contributed by atoms with Gasteiger partial charge in [0.05, 0.1) is 0 Å². The average Bonchev–Trinajstić information content (AvgIpc) is 2.15. The topological polar surface area (TPSA) is 26.3 Å². The Bertz CT molecular complexity index is 351. The zero-order chi connectivity index (χ0) is 11.5. The van der Waals surface area contributed by atoms with Gasteiger partial charge in [0.2, 0.25) is 0 Å². The quantitative estimate of drug-likeness (QED) is 0.613. The number of carbonyl (C=O) groups is 1. The monoisotopic (exact) mass is 278 g/mol. The Morgan fingerprint density at radius 3 is 2.19 bits per heavy atom. The molecule has 0 bridgehead atoms. The van der Waals surface area contributed by atoms with Crippen molar-refractivity contribution in [1.82, 2.24) is 0 Å². The third kappa shape index (κ3) is 5.65. The van der Waals surface area contributed by atoms with Crippen molar-refractivity contribution >= 4 is 69.0 Å². The van der Waals surface area contributed by atoms with E-state index >= 15 is 0 Å². The van der Waals surface area contributed by atoms with Gasteiger partial charge >= 0.3 is 63.5 Å². The van der Waals surface area contributed by atoms with Crippen LogP contribution in [0.1, 0.15) is 5.56 Å². The van der Waals surface area contributed by atoms with E-state index in [4.69, 9.17) is 11.6 Å². The van der Waals surface area contributed by atoms with Crippen LogP contribution in [-0.2, 0) is 16.1 Å². The summed E-state index contributed by atoms with van der Waals surface area (Å²) in [5.41, 5.74) is 0.442. The van der Waals surface area contributed by atoms with Crippen molar-refractivity contribution in [3.05, 3.63) is 34.9 Å². The summed E-state index contributed by atoms with van der Waals surface area (Å²) < 4.78 is 39.2. The maximum atomic E-state index is 11.7. The zero-order valence-electron chi connectivity index (χ0n) is 7.34. The Hall–Kier alpha value is 0.406. The molecular weight excluding hydrogens is 272 g/mol. The minimum absolute atomic E-state index is 0. The molecule has 1 aromatic rings. The molecule has 0 heterocycles. The molecule has 0 aliphatic carbocycles. The van der Waals surface area contributed by atoms with Crippen molar-refractivity contribution in [3.63, 3.8) is 0 Å². The summed E-state index contributed by atoms with van der Waals surface area (Å²) in [6.45, 7) is -0.421. The van der Waals surface area contributed by atoms with E-state index in [0.717, 1.165) is 0 Å². The van der Waals surface area contributed by atoms with Gasteiger partial charge in [0.15, 0.2) is 0 Å². The molecule has 7 heteroatoms. The molecule has 0 amide bonds. The van der Waals surface area contributed by atoms with Crippen molar-refractivity contribution in [1.29, 1.82) is 0 Å². The van der Waals surface area contributed by atoms with Crippen LogP contribution >= 0.6 is 11.6 Å². The Labute approximate surface area is 138 Å². The fourth-order valence-electron chi connectivity index (χ4n) is 0.811. The normalized spacial score (nSPS) is 10.5. The van der Waals surface area contributed by atoms with Crippen molar-refractivity contribution in [2.75, 3.05) is 0 Å². The summed E-state index contributed by atoms with van der Waals surface area (Å²) in [5, 5.41) is 0.459. The van der Waals surface area contributed by atoms with Gasteiger partial charge in [-0.05, 0) is 17.7 Å². The van der Waals surface area contributed by atoms with E-state index in [0.29, 0.717) is 10.6 Å². The number of halogens is 4. The van der Waals surface area contributed by atoms with Crippen molar-refractivity contribution in [3.8, 4) is 0 Å². The SMILES string of the molecule is O=C(OCc1ccc(Cl)cc1)C(F)(F)F.[KH]. The summed E-state index contributed by atoms with van der Waals surface area (Å²) >= 11 is 5.56. The molecule has 16 heavy (non-hydrogen) atoms. The molecule has 0 unspecified atom stereocenters. The predicted octanol–water partition coefficient (Wildman–Crippen LogP) is 2.30. The molecule has 84 valence electrons. The number of ether oxygens (including phenoxy) is 1. The van der Waals surface area contributed by atoms with E-state index in [9.17, 15) is 18.0 Å². The summed E-state index contributed by atoms with van der Waals surface area (Å²) in [6, 6.07) is 5.95. The molecular formula is C9H7ClF3KO2. The van der Waals surface area contributed by atoms with Crippen LogP contribution in [0, 0.1) is 0 Å². The van der Waals surface area contributed by atoms with Gasteiger partial charge in [-0.15, -0.1) is 0 Å². The predicted molar refractivity (Wildman–Crippen MR) is 54.5 cm³/mol. The molecule has 0 fully saturated rings. The fraction of sp³-hybridized carbons (Fsp3) is 0.222. The molecule has 0 aliphatic rings. The van der Waals surface area contributed by atoms with Crippen LogP contribution in [0.4, 0.5) is 13.2 Å². The standard InChI is InChI=1S/C9H6ClF3O2.K.H/c10-7-3-1-6(2-4-7)5-15-8(14)9(11,12)13;;/h1-4H,5H2;;. The molecule has 0 radical (unpaired) electrons. The van der Waals surface area contributed by atoms with Gasteiger partial charge in [-0.3, -0.25) is 0 Å². The third-order valence-corrected chi connectivity index (χ3v) is 1.77. The van der Waals surface area contributed by atoms with Crippen LogP contribution in [0.15, 0.2) is 24.3 Å². The van der Waals surface area contributed by atoms with Crippen LogP contribution in [0.3, 0.4) is 0 Å². The van der Waals surface area contributed by atoms with Crippen LogP contribution in [-0.4, -0.2) is 63.5 Å². The van der Waals surface area contributed by atoms with Gasteiger partial charge in [-0.25, -0.2) is 4.79 Å². The summed E-state index contributed by atoms with van der Waals surface area (Å²) in [4.78, 5) is 10.3. The number of rotatable bonds is 2. The fourth-order valence-corrected chi connectivity index (χ4v) is 0.937. The minimum atomic E-state index is -4.95. The maximum absolute atomic E-state index is 11.7. The first-order valence-corrected chi connectivity index (χ1v) is 4.26. The number of esters is 1. The molecule has 2 nitrogen and oxygen atoms in total. The van der Waals surface area contributed by atoms with Gasteiger partial charge < -0.3 is 4.74 Å². The molecule has 0 saturated heterocycles. The van der Waals surface area contributed by atoms with Crippen LogP contribution < -0.4 is 0 Å². The van der Waals surface area contributed by atoms with Gasteiger partial charge in [-0.1, -0.05) is 23.7 Å². The summed E-state index contributed by atoms with van der Waals surface area (Å²) in [5.74, 6) is -2.20. The third-order valence-electron chi connectivity index (χ3n) is 1.51. The van der Waals surface area contributed by atoms with Gasteiger partial charge in [0.25, 0.3) is 0 Å². The second-order valence-electron chi connectivity index (χ2n) is 2.70. The Kier molecular flexibility index (Phi) is 7.16. The molecule has 0 saturated carbocycles. The second kappa shape index (κ2) is 6.98. The molecule has 1 rings (SSSR count). The van der Waals surface area contributed by atoms with Crippen LogP contribution in [0.2, 0.25) is 5.02 Å². The molecule has 0 atom stereocenters. The molecule has 0 N–H and O–H groups in total. The molecule has 0 aliphatic heterocycles. The Morgan fingerprint density at radius 2 is 1.75 bits per heavy atom. The molecule has 1 aromatic carbocycles. The van der Waals surface area contributed by atoms with Crippen LogP contribution in [0.5, 0.6) is 0 Å². The van der Waals surface area contributed by atoms with E-state index in [-0.39, 0.29) is 51.4 Å². The van der Waals surface area contributed by atoms with Gasteiger partial charge in [-0.2, -0.15) is 13.2 Å². The van der Waals surface area contributed by atoms with Gasteiger partial charge in [0, 0.05) is 5.02 Å². The Balaban J connectivity index is 0.00000225. The number of carbonyl (C=O) groups excluding carboxylic acids is 1. The summed E-state index contributed by atoms with van der Waals surface area (Å²) in [7, 11) is 0. The van der Waals surface area contributed by atoms with E-state index < -0.39 is 18.8 Å². The van der Waals surface area contributed by atoms with E-state index in [2.05, 4.69) is 4.74 Å². The van der Waals surface area contributed by atoms with E-state index in [1.54, 1.807) is 0 Å². The van der Waals surface area contributed by atoms with Crippen molar-refractivity contribution in [2.24, 2.45) is 0 Å². The van der Waals surface area contributed by atoms with E-state index in [1.165, 1.54) is 24.3 Å².